The molecule has 4 aromatic rings. The highest BCUT2D eigenvalue weighted by molar-refractivity contribution is 6.13. The van der Waals surface area contributed by atoms with E-state index in [0.29, 0.717) is 34.0 Å². The fourth-order valence-electron chi connectivity index (χ4n) is 3.71. The van der Waals surface area contributed by atoms with Crippen molar-refractivity contribution in [2.75, 3.05) is 6.61 Å². The lowest BCUT2D eigenvalue weighted by atomic mass is 10.0. The van der Waals surface area contributed by atoms with Crippen molar-refractivity contribution in [1.29, 1.82) is 0 Å². The summed E-state index contributed by atoms with van der Waals surface area (Å²) in [6, 6.07) is 20.8. The van der Waals surface area contributed by atoms with Gasteiger partial charge in [0.2, 0.25) is 0 Å². The standard InChI is InChI=1S/C26H22N4O4/c1-16-23-20(14-21(17-12-13-17)27-25(23)34-30-16)26(32)33-15-22(31)28-29-24(18-8-4-2-5-9-18)19-10-6-3-7-11-19/h2-11,14,17H,12-13,15H2,1H3,(H,28,31). The van der Waals surface area contributed by atoms with E-state index in [1.54, 1.807) is 13.0 Å². The second-order valence-electron chi connectivity index (χ2n) is 8.12. The van der Waals surface area contributed by atoms with Crippen LogP contribution >= 0.6 is 0 Å². The summed E-state index contributed by atoms with van der Waals surface area (Å²) in [5.74, 6) is -0.869. The number of nitrogens with zero attached hydrogens (tertiary/aromatic N) is 3. The van der Waals surface area contributed by atoms with Crippen LogP contribution in [0.4, 0.5) is 0 Å². The third-order valence-electron chi connectivity index (χ3n) is 5.57. The SMILES string of the molecule is Cc1noc2nc(C3CC3)cc(C(=O)OCC(=O)NN=C(c3ccccc3)c3ccccc3)c12. The van der Waals surface area contributed by atoms with E-state index in [4.69, 9.17) is 9.26 Å². The number of nitrogens with one attached hydrogen (secondary N) is 1. The lowest BCUT2D eigenvalue weighted by Gasteiger charge is -2.09. The molecule has 1 amide bonds. The lowest BCUT2D eigenvalue weighted by molar-refractivity contribution is -0.124. The van der Waals surface area contributed by atoms with Crippen molar-refractivity contribution in [2.24, 2.45) is 5.10 Å². The zero-order chi connectivity index (χ0) is 23.5. The number of hydrazone groups is 1. The van der Waals surface area contributed by atoms with Gasteiger partial charge in [0.1, 0.15) is 0 Å². The third kappa shape index (κ3) is 4.56. The molecule has 1 aliphatic carbocycles. The number of hydrogen-bond acceptors (Lipinski definition) is 7. The quantitative estimate of drug-likeness (QED) is 0.256. The molecule has 0 aliphatic heterocycles. The molecular formula is C26H22N4O4. The highest BCUT2D eigenvalue weighted by Gasteiger charge is 2.29. The minimum absolute atomic E-state index is 0.302. The van der Waals surface area contributed by atoms with Crippen LogP contribution in [0.3, 0.4) is 0 Å². The van der Waals surface area contributed by atoms with Crippen molar-refractivity contribution in [3.63, 3.8) is 0 Å². The van der Waals surface area contributed by atoms with Crippen LogP contribution in [0.2, 0.25) is 0 Å². The Bertz CT molecular complexity index is 1330. The minimum atomic E-state index is -0.633. The van der Waals surface area contributed by atoms with Gasteiger partial charge in [-0.2, -0.15) is 5.10 Å². The summed E-state index contributed by atoms with van der Waals surface area (Å²) in [7, 11) is 0. The van der Waals surface area contributed by atoms with Crippen LogP contribution in [0.1, 0.15) is 51.6 Å². The van der Waals surface area contributed by atoms with Crippen LogP contribution in [0, 0.1) is 6.92 Å². The predicted molar refractivity (Wildman–Crippen MR) is 125 cm³/mol. The largest absolute Gasteiger partial charge is 0.452 e. The molecule has 0 bridgehead atoms. The second-order valence-corrected chi connectivity index (χ2v) is 8.12. The van der Waals surface area contributed by atoms with Gasteiger partial charge in [-0.1, -0.05) is 65.8 Å². The molecule has 2 heterocycles. The number of benzene rings is 2. The number of carbonyl (C=O) groups excluding carboxylic acids is 2. The summed E-state index contributed by atoms with van der Waals surface area (Å²) in [6.45, 7) is 1.25. The Kier molecular flexibility index (Phi) is 5.86. The number of hydrogen-bond donors (Lipinski definition) is 1. The van der Waals surface area contributed by atoms with Gasteiger partial charge in [0.05, 0.1) is 22.4 Å². The summed E-state index contributed by atoms with van der Waals surface area (Å²) in [5, 5.41) is 8.73. The third-order valence-corrected chi connectivity index (χ3v) is 5.57. The van der Waals surface area contributed by atoms with Crippen molar-refractivity contribution in [3.8, 4) is 0 Å². The topological polar surface area (TPSA) is 107 Å². The number of esters is 1. The van der Waals surface area contributed by atoms with Gasteiger partial charge in [-0.15, -0.1) is 0 Å². The van der Waals surface area contributed by atoms with Crippen LogP contribution < -0.4 is 5.43 Å². The summed E-state index contributed by atoms with van der Waals surface area (Å²) in [5.41, 5.74) is 6.72. The number of fused-ring (bicyclic) bond motifs is 1. The minimum Gasteiger partial charge on any atom is -0.452 e. The lowest BCUT2D eigenvalue weighted by Crippen LogP contribution is -2.26. The number of rotatable bonds is 7. The average molecular weight is 454 g/mol. The molecule has 0 radical (unpaired) electrons. The normalized spacial score (nSPS) is 12.9. The molecule has 1 N–H and O–H groups in total. The fourth-order valence-corrected chi connectivity index (χ4v) is 3.71. The van der Waals surface area contributed by atoms with Crippen molar-refractivity contribution >= 4 is 28.7 Å². The van der Waals surface area contributed by atoms with Gasteiger partial charge in [0.25, 0.3) is 11.6 Å². The Morgan fingerprint density at radius 1 is 1.06 bits per heavy atom. The monoisotopic (exact) mass is 454 g/mol. The van der Waals surface area contributed by atoms with E-state index in [-0.39, 0.29) is 0 Å². The van der Waals surface area contributed by atoms with Crippen LogP contribution in [0.25, 0.3) is 11.1 Å². The fraction of sp³-hybridized carbons (Fsp3) is 0.192. The molecule has 0 atom stereocenters. The number of pyridine rings is 1. The number of aromatic nitrogens is 2. The molecule has 0 unspecified atom stereocenters. The van der Waals surface area contributed by atoms with Gasteiger partial charge in [0, 0.05) is 22.7 Å². The zero-order valence-corrected chi connectivity index (χ0v) is 18.5. The van der Waals surface area contributed by atoms with Crippen molar-refractivity contribution in [2.45, 2.75) is 25.7 Å². The molecule has 5 rings (SSSR count). The highest BCUT2D eigenvalue weighted by Crippen LogP contribution is 2.40. The van der Waals surface area contributed by atoms with Crippen LogP contribution in [-0.4, -0.2) is 34.3 Å². The zero-order valence-electron chi connectivity index (χ0n) is 18.5. The Balaban J connectivity index is 1.31. The van der Waals surface area contributed by atoms with E-state index in [2.05, 4.69) is 20.7 Å². The maximum Gasteiger partial charge on any atom is 0.339 e. The summed E-state index contributed by atoms with van der Waals surface area (Å²) in [4.78, 5) is 29.8. The number of ether oxygens (including phenoxy) is 1. The van der Waals surface area contributed by atoms with Crippen molar-refractivity contribution in [1.82, 2.24) is 15.6 Å². The van der Waals surface area contributed by atoms with E-state index >= 15 is 0 Å². The van der Waals surface area contributed by atoms with Crippen LogP contribution in [0.5, 0.6) is 0 Å². The van der Waals surface area contributed by atoms with E-state index in [1.165, 1.54) is 0 Å². The van der Waals surface area contributed by atoms with E-state index in [0.717, 1.165) is 29.7 Å². The van der Waals surface area contributed by atoms with Crippen molar-refractivity contribution in [3.05, 3.63) is 94.8 Å². The first-order valence-corrected chi connectivity index (χ1v) is 11.0. The van der Waals surface area contributed by atoms with E-state index in [9.17, 15) is 9.59 Å². The Labute approximate surface area is 195 Å². The van der Waals surface area contributed by atoms with E-state index < -0.39 is 18.5 Å². The van der Waals surface area contributed by atoms with Gasteiger partial charge in [-0.3, -0.25) is 4.79 Å². The Morgan fingerprint density at radius 2 is 1.71 bits per heavy atom. The summed E-state index contributed by atoms with van der Waals surface area (Å²) < 4.78 is 10.6. The van der Waals surface area contributed by atoms with Crippen molar-refractivity contribution < 1.29 is 18.8 Å². The highest BCUT2D eigenvalue weighted by atomic mass is 16.5. The van der Waals surface area contributed by atoms with Crippen LogP contribution in [-0.2, 0) is 9.53 Å². The maximum absolute atomic E-state index is 12.9. The van der Waals surface area contributed by atoms with E-state index in [1.807, 2.05) is 60.7 Å². The molecule has 1 saturated carbocycles. The molecule has 1 fully saturated rings. The molecule has 170 valence electrons. The molecule has 1 aliphatic rings. The molecule has 8 nitrogen and oxygen atoms in total. The first-order valence-electron chi connectivity index (χ1n) is 11.0. The second kappa shape index (κ2) is 9.27. The first-order chi connectivity index (χ1) is 16.6. The molecule has 34 heavy (non-hydrogen) atoms. The van der Waals surface area contributed by atoms with Crippen LogP contribution in [0.15, 0.2) is 76.4 Å². The maximum atomic E-state index is 12.9. The Hall–Kier alpha value is -4.33. The predicted octanol–water partition coefficient (Wildman–Crippen LogP) is 4.13. The number of carbonyl (C=O) groups is 2. The van der Waals surface area contributed by atoms with Gasteiger partial charge in [-0.25, -0.2) is 15.2 Å². The van der Waals surface area contributed by atoms with Gasteiger partial charge >= 0.3 is 5.97 Å². The Morgan fingerprint density at radius 3 is 2.32 bits per heavy atom. The molecular weight excluding hydrogens is 432 g/mol. The molecule has 8 heteroatoms. The van der Waals surface area contributed by atoms with Gasteiger partial charge in [-0.05, 0) is 25.8 Å². The number of amides is 1. The van der Waals surface area contributed by atoms with Gasteiger partial charge < -0.3 is 9.26 Å². The molecule has 2 aromatic carbocycles. The first kappa shape index (κ1) is 21.5. The molecule has 0 saturated heterocycles. The molecule has 2 aromatic heterocycles. The average Bonchev–Trinajstić information content (AvgIpc) is 3.66. The summed E-state index contributed by atoms with van der Waals surface area (Å²) >= 11 is 0. The number of aryl methyl sites for hydroxylation is 1. The summed E-state index contributed by atoms with van der Waals surface area (Å²) in [6.07, 6.45) is 2.04. The van der Waals surface area contributed by atoms with Gasteiger partial charge in [0.15, 0.2) is 6.61 Å². The smallest absolute Gasteiger partial charge is 0.339 e. The molecule has 0 spiro atoms.